The molecular formula is C36H32N4+2. The van der Waals surface area contributed by atoms with E-state index in [1.54, 1.807) is 0 Å². The van der Waals surface area contributed by atoms with E-state index >= 15 is 0 Å². The fourth-order valence-corrected chi connectivity index (χ4v) is 5.78. The van der Waals surface area contributed by atoms with Crippen molar-refractivity contribution in [1.82, 2.24) is 9.13 Å². The molecule has 2 heterocycles. The van der Waals surface area contributed by atoms with Gasteiger partial charge in [0.25, 0.3) is 0 Å². The molecule has 0 amide bonds. The summed E-state index contributed by atoms with van der Waals surface area (Å²) in [7, 11) is 0. The number of rotatable bonds is 8. The standard InChI is InChI=1S/C36H32N4/c1-3-13-29(14-4-1)23-37-27-39(35-21-11-9-19-33(35)37)25-31-17-7-8-18-32(31)26-40-28-38(24-30-15-5-2-6-16-30)34-20-10-12-22-36(34)40/h1-22,27-28H,23-26H2/q+2. The van der Waals surface area contributed by atoms with E-state index in [1.165, 1.54) is 44.3 Å². The predicted molar refractivity (Wildman–Crippen MR) is 160 cm³/mol. The van der Waals surface area contributed by atoms with E-state index in [9.17, 15) is 0 Å². The maximum absolute atomic E-state index is 2.39. The summed E-state index contributed by atoms with van der Waals surface area (Å²) in [4.78, 5) is 0. The van der Waals surface area contributed by atoms with Gasteiger partial charge < -0.3 is 0 Å². The lowest BCUT2D eigenvalue weighted by Gasteiger charge is -2.07. The lowest BCUT2D eigenvalue weighted by molar-refractivity contribution is -0.663. The zero-order valence-electron chi connectivity index (χ0n) is 22.5. The molecule has 7 aromatic rings. The van der Waals surface area contributed by atoms with E-state index < -0.39 is 0 Å². The summed E-state index contributed by atoms with van der Waals surface area (Å²) in [6, 6.07) is 47.7. The van der Waals surface area contributed by atoms with Crippen LogP contribution in [0.2, 0.25) is 0 Å². The van der Waals surface area contributed by atoms with Gasteiger partial charge in [-0.3, -0.25) is 0 Å². The van der Waals surface area contributed by atoms with E-state index in [0.717, 1.165) is 26.2 Å². The van der Waals surface area contributed by atoms with Crippen LogP contribution in [0.25, 0.3) is 22.1 Å². The van der Waals surface area contributed by atoms with Crippen LogP contribution in [0.5, 0.6) is 0 Å². The Labute approximate surface area is 234 Å². The average molecular weight is 521 g/mol. The van der Waals surface area contributed by atoms with E-state index in [4.69, 9.17) is 0 Å². The Hall–Kier alpha value is -4.96. The highest BCUT2D eigenvalue weighted by atomic mass is 15.1. The van der Waals surface area contributed by atoms with Crippen molar-refractivity contribution in [2.75, 3.05) is 0 Å². The van der Waals surface area contributed by atoms with Crippen LogP contribution in [0.3, 0.4) is 0 Å². The van der Waals surface area contributed by atoms with Gasteiger partial charge in [-0.2, -0.15) is 0 Å². The summed E-state index contributed by atoms with van der Waals surface area (Å²) in [6.45, 7) is 3.35. The van der Waals surface area contributed by atoms with Crippen LogP contribution in [0, 0.1) is 0 Å². The summed E-state index contributed by atoms with van der Waals surface area (Å²) in [5, 5.41) is 0. The van der Waals surface area contributed by atoms with Gasteiger partial charge in [-0.15, -0.1) is 0 Å². The SMILES string of the molecule is c1ccc(C[n+]2cn(Cc3ccccc3Cn3c[n+](Cc4ccccc4)c4ccccc43)c3ccccc32)cc1. The van der Waals surface area contributed by atoms with E-state index in [2.05, 4.69) is 164 Å². The molecular weight excluding hydrogens is 488 g/mol. The largest absolute Gasteiger partial charge is 0.245 e. The van der Waals surface area contributed by atoms with Crippen LogP contribution in [0.15, 0.2) is 146 Å². The van der Waals surface area contributed by atoms with Crippen LogP contribution in [0.1, 0.15) is 22.3 Å². The lowest BCUT2D eigenvalue weighted by atomic mass is 10.1. The van der Waals surface area contributed by atoms with Gasteiger partial charge in [0.2, 0.25) is 12.7 Å². The molecule has 0 N–H and O–H groups in total. The number of fused-ring (bicyclic) bond motifs is 2. The minimum absolute atomic E-state index is 0.821. The Bertz CT molecular complexity index is 1760. The zero-order valence-corrected chi connectivity index (χ0v) is 22.5. The fraction of sp³-hybridized carbons (Fsp3) is 0.111. The van der Waals surface area contributed by atoms with Crippen molar-refractivity contribution in [3.05, 3.63) is 168 Å². The molecule has 4 heteroatoms. The Kier molecular flexibility index (Phi) is 6.42. The van der Waals surface area contributed by atoms with Crippen LogP contribution in [0.4, 0.5) is 0 Å². The number of aromatic nitrogens is 4. The fourth-order valence-electron chi connectivity index (χ4n) is 5.78. The Balaban J connectivity index is 1.22. The van der Waals surface area contributed by atoms with Crippen LogP contribution < -0.4 is 9.13 Å². The van der Waals surface area contributed by atoms with Crippen LogP contribution in [-0.4, -0.2) is 9.13 Å². The van der Waals surface area contributed by atoms with Crippen molar-refractivity contribution < 1.29 is 9.13 Å². The first kappa shape index (κ1) is 24.1. The third-order valence-corrected chi connectivity index (χ3v) is 7.75. The molecule has 0 aliphatic rings. The van der Waals surface area contributed by atoms with E-state index in [0.29, 0.717) is 0 Å². The van der Waals surface area contributed by atoms with Gasteiger partial charge >= 0.3 is 0 Å². The first-order valence-corrected chi connectivity index (χ1v) is 13.9. The molecule has 194 valence electrons. The highest BCUT2D eigenvalue weighted by Gasteiger charge is 2.20. The third kappa shape index (κ3) is 4.80. The van der Waals surface area contributed by atoms with Crippen LogP contribution in [-0.2, 0) is 26.2 Å². The third-order valence-electron chi connectivity index (χ3n) is 7.75. The van der Waals surface area contributed by atoms with Gasteiger partial charge in [-0.1, -0.05) is 109 Å². The second-order valence-corrected chi connectivity index (χ2v) is 10.5. The molecule has 5 aromatic carbocycles. The van der Waals surface area contributed by atoms with Gasteiger partial charge in [-0.05, 0) is 35.4 Å². The average Bonchev–Trinajstić information content (AvgIpc) is 3.53. The Morgan fingerprint density at radius 2 is 0.775 bits per heavy atom. The summed E-state index contributed by atoms with van der Waals surface area (Å²) in [5.41, 5.74) is 10.3. The number of hydrogen-bond acceptors (Lipinski definition) is 0. The highest BCUT2D eigenvalue weighted by Crippen LogP contribution is 2.20. The predicted octanol–water partition coefficient (Wildman–Crippen LogP) is 6.36. The molecule has 40 heavy (non-hydrogen) atoms. The van der Waals surface area contributed by atoms with E-state index in [1.807, 2.05) is 0 Å². The molecule has 0 radical (unpaired) electrons. The number of benzene rings is 5. The molecule has 0 bridgehead atoms. The van der Waals surface area contributed by atoms with Crippen LogP contribution >= 0.6 is 0 Å². The van der Waals surface area contributed by atoms with Crippen molar-refractivity contribution in [3.63, 3.8) is 0 Å². The molecule has 0 saturated heterocycles. The maximum Gasteiger partial charge on any atom is 0.245 e. The van der Waals surface area contributed by atoms with Gasteiger partial charge in [0.15, 0.2) is 22.1 Å². The normalized spacial score (nSPS) is 11.4. The molecule has 0 spiro atoms. The second kappa shape index (κ2) is 10.7. The molecule has 0 aliphatic heterocycles. The smallest absolute Gasteiger partial charge is 0.226 e. The highest BCUT2D eigenvalue weighted by molar-refractivity contribution is 5.72. The van der Waals surface area contributed by atoms with Crippen molar-refractivity contribution in [1.29, 1.82) is 0 Å². The molecule has 0 fully saturated rings. The number of nitrogens with zero attached hydrogens (tertiary/aromatic N) is 4. The monoisotopic (exact) mass is 520 g/mol. The molecule has 0 saturated carbocycles. The molecule has 2 aromatic heterocycles. The van der Waals surface area contributed by atoms with Crippen molar-refractivity contribution in [2.45, 2.75) is 26.2 Å². The van der Waals surface area contributed by atoms with Gasteiger partial charge in [0, 0.05) is 11.1 Å². The number of hydrogen-bond donors (Lipinski definition) is 0. The zero-order chi connectivity index (χ0) is 26.7. The number of para-hydroxylation sites is 4. The summed E-state index contributed by atoms with van der Waals surface area (Å²) < 4.78 is 9.50. The second-order valence-electron chi connectivity index (χ2n) is 10.5. The van der Waals surface area contributed by atoms with Gasteiger partial charge in [-0.25, -0.2) is 18.3 Å². The minimum Gasteiger partial charge on any atom is -0.226 e. The Morgan fingerprint density at radius 3 is 1.23 bits per heavy atom. The topological polar surface area (TPSA) is 17.6 Å². The molecule has 7 rings (SSSR count). The lowest BCUT2D eigenvalue weighted by Crippen LogP contribution is -2.32. The van der Waals surface area contributed by atoms with Crippen molar-refractivity contribution in [2.24, 2.45) is 0 Å². The molecule has 4 nitrogen and oxygen atoms in total. The molecule has 0 aliphatic carbocycles. The minimum atomic E-state index is 0.821. The first-order chi connectivity index (χ1) is 19.8. The Morgan fingerprint density at radius 1 is 0.400 bits per heavy atom. The number of imidazole rings is 2. The summed E-state index contributed by atoms with van der Waals surface area (Å²) in [6.07, 6.45) is 4.54. The summed E-state index contributed by atoms with van der Waals surface area (Å²) >= 11 is 0. The van der Waals surface area contributed by atoms with Gasteiger partial charge in [0.05, 0.1) is 0 Å². The van der Waals surface area contributed by atoms with Crippen molar-refractivity contribution in [3.8, 4) is 0 Å². The van der Waals surface area contributed by atoms with Gasteiger partial charge in [0.1, 0.15) is 26.2 Å². The molecule has 0 unspecified atom stereocenters. The first-order valence-electron chi connectivity index (χ1n) is 13.9. The quantitative estimate of drug-likeness (QED) is 0.208. The summed E-state index contributed by atoms with van der Waals surface area (Å²) in [5.74, 6) is 0. The van der Waals surface area contributed by atoms with Crippen molar-refractivity contribution >= 4 is 22.1 Å². The maximum atomic E-state index is 2.39. The molecule has 0 atom stereocenters. The van der Waals surface area contributed by atoms with E-state index in [-0.39, 0.29) is 0 Å².